The Hall–Kier alpha value is -0.430. The van der Waals surface area contributed by atoms with Gasteiger partial charge in [0.05, 0.1) is 11.8 Å². The van der Waals surface area contributed by atoms with Crippen LogP contribution in [0.3, 0.4) is 0 Å². The van der Waals surface area contributed by atoms with E-state index in [4.69, 9.17) is 5.73 Å². The first-order chi connectivity index (χ1) is 7.59. The number of nitrogens with one attached hydrogen (secondary N) is 1. The van der Waals surface area contributed by atoms with Crippen LogP contribution in [0, 0.1) is 0 Å². The van der Waals surface area contributed by atoms with Gasteiger partial charge < -0.3 is 5.73 Å². The van der Waals surface area contributed by atoms with Crippen molar-refractivity contribution in [1.29, 1.82) is 0 Å². The molecule has 0 aliphatic rings. The Labute approximate surface area is 101 Å². The largest absolute Gasteiger partial charge is 0.330 e. The molecular formula is C10H18N2O2S2. The maximum atomic E-state index is 11.7. The lowest BCUT2D eigenvalue weighted by molar-refractivity contribution is 0.551. The van der Waals surface area contributed by atoms with Crippen LogP contribution in [0.1, 0.15) is 30.7 Å². The minimum absolute atomic E-state index is 0.103. The van der Waals surface area contributed by atoms with Gasteiger partial charge >= 0.3 is 0 Å². The van der Waals surface area contributed by atoms with Crippen LogP contribution in [-0.4, -0.2) is 20.7 Å². The van der Waals surface area contributed by atoms with Crippen LogP contribution in [0.5, 0.6) is 0 Å². The average Bonchev–Trinajstić information content (AvgIpc) is 2.76. The van der Waals surface area contributed by atoms with Crippen molar-refractivity contribution >= 4 is 21.4 Å². The van der Waals surface area contributed by atoms with Crippen molar-refractivity contribution in [3.63, 3.8) is 0 Å². The lowest BCUT2D eigenvalue weighted by Crippen LogP contribution is -2.30. The summed E-state index contributed by atoms with van der Waals surface area (Å²) in [6.45, 7) is 2.37. The molecule has 0 radical (unpaired) electrons. The van der Waals surface area contributed by atoms with Gasteiger partial charge in [0.25, 0.3) is 0 Å². The summed E-state index contributed by atoms with van der Waals surface area (Å²) < 4.78 is 26.1. The molecule has 1 atom stereocenters. The second kappa shape index (κ2) is 6.34. The van der Waals surface area contributed by atoms with E-state index in [2.05, 4.69) is 4.72 Å². The predicted octanol–water partition coefficient (Wildman–Crippen LogP) is 1.47. The van der Waals surface area contributed by atoms with Crippen LogP contribution < -0.4 is 10.5 Å². The molecule has 0 spiro atoms. The first-order valence-corrected chi connectivity index (χ1v) is 7.85. The Morgan fingerprint density at radius 1 is 1.56 bits per heavy atom. The zero-order valence-electron chi connectivity index (χ0n) is 9.35. The van der Waals surface area contributed by atoms with Gasteiger partial charge in [0.1, 0.15) is 0 Å². The van der Waals surface area contributed by atoms with Crippen molar-refractivity contribution in [3.05, 3.63) is 22.4 Å². The van der Waals surface area contributed by atoms with Crippen LogP contribution in [0.25, 0.3) is 0 Å². The summed E-state index contributed by atoms with van der Waals surface area (Å²) >= 11 is 1.57. The number of nitrogens with two attached hydrogens (primary N) is 1. The molecule has 0 aliphatic heterocycles. The zero-order chi connectivity index (χ0) is 12.0. The minimum atomic E-state index is -3.20. The predicted molar refractivity (Wildman–Crippen MR) is 67.9 cm³/mol. The number of hydrogen-bond donors (Lipinski definition) is 2. The second-order valence-electron chi connectivity index (χ2n) is 3.56. The summed E-state index contributed by atoms with van der Waals surface area (Å²) in [7, 11) is -3.20. The Morgan fingerprint density at radius 3 is 2.81 bits per heavy atom. The molecule has 0 bridgehead atoms. The Balaban J connectivity index is 2.63. The van der Waals surface area contributed by atoms with Crippen molar-refractivity contribution in [2.24, 2.45) is 5.73 Å². The molecule has 92 valence electrons. The van der Waals surface area contributed by atoms with E-state index < -0.39 is 10.0 Å². The van der Waals surface area contributed by atoms with Gasteiger partial charge in [-0.05, 0) is 30.8 Å². The quantitative estimate of drug-likeness (QED) is 0.781. The van der Waals surface area contributed by atoms with Gasteiger partial charge in [0, 0.05) is 4.88 Å². The van der Waals surface area contributed by atoms with Crippen molar-refractivity contribution in [2.45, 2.75) is 25.8 Å². The first kappa shape index (κ1) is 13.6. The number of hydrogen-bond acceptors (Lipinski definition) is 4. The van der Waals surface area contributed by atoms with Gasteiger partial charge in [0.2, 0.25) is 10.0 Å². The van der Waals surface area contributed by atoms with Crippen molar-refractivity contribution in [3.8, 4) is 0 Å². The molecule has 0 amide bonds. The summed E-state index contributed by atoms with van der Waals surface area (Å²) in [6, 6.07) is 3.77. The molecule has 3 N–H and O–H groups in total. The molecule has 0 saturated heterocycles. The third-order valence-corrected chi connectivity index (χ3v) is 4.69. The topological polar surface area (TPSA) is 72.2 Å². The Kier molecular flexibility index (Phi) is 5.40. The van der Waals surface area contributed by atoms with E-state index >= 15 is 0 Å². The van der Waals surface area contributed by atoms with E-state index in [1.807, 2.05) is 24.4 Å². The molecule has 6 heteroatoms. The first-order valence-electron chi connectivity index (χ1n) is 5.32. The molecule has 16 heavy (non-hydrogen) atoms. The van der Waals surface area contributed by atoms with Gasteiger partial charge in [-0.2, -0.15) is 0 Å². The Bertz CT molecular complexity index is 387. The summed E-state index contributed by atoms with van der Waals surface area (Å²) in [6.07, 6.45) is 1.25. The third-order valence-electron chi connectivity index (χ3n) is 2.23. The molecule has 0 aromatic carbocycles. The van der Waals surface area contributed by atoms with Crippen molar-refractivity contribution < 1.29 is 8.42 Å². The van der Waals surface area contributed by atoms with Crippen molar-refractivity contribution in [1.82, 2.24) is 4.72 Å². The number of rotatable bonds is 7. The SMILES string of the molecule is CCC(NS(=O)(=O)CCCN)c1cccs1. The standard InChI is InChI=1S/C10H18N2O2S2/c1-2-9(10-5-3-7-15-10)12-16(13,14)8-4-6-11/h3,5,7,9,12H,2,4,6,8,11H2,1H3. The monoisotopic (exact) mass is 262 g/mol. The van der Waals surface area contributed by atoms with E-state index in [-0.39, 0.29) is 11.8 Å². The lowest BCUT2D eigenvalue weighted by Gasteiger charge is -2.15. The van der Waals surface area contributed by atoms with E-state index in [0.29, 0.717) is 13.0 Å². The van der Waals surface area contributed by atoms with Crippen molar-refractivity contribution in [2.75, 3.05) is 12.3 Å². The summed E-state index contributed by atoms with van der Waals surface area (Å²) in [4.78, 5) is 1.05. The maximum Gasteiger partial charge on any atom is 0.212 e. The van der Waals surface area contributed by atoms with E-state index in [0.717, 1.165) is 11.3 Å². The van der Waals surface area contributed by atoms with E-state index in [1.165, 1.54) is 0 Å². The smallest absolute Gasteiger partial charge is 0.212 e. The van der Waals surface area contributed by atoms with Crippen LogP contribution in [0.15, 0.2) is 17.5 Å². The highest BCUT2D eigenvalue weighted by Gasteiger charge is 2.18. The fraction of sp³-hybridized carbons (Fsp3) is 0.600. The maximum absolute atomic E-state index is 11.7. The highest BCUT2D eigenvalue weighted by Crippen LogP contribution is 2.22. The van der Waals surface area contributed by atoms with E-state index in [9.17, 15) is 8.42 Å². The van der Waals surface area contributed by atoms with Gasteiger partial charge in [-0.25, -0.2) is 13.1 Å². The molecule has 1 aromatic heterocycles. The minimum Gasteiger partial charge on any atom is -0.330 e. The molecule has 1 heterocycles. The Morgan fingerprint density at radius 2 is 2.31 bits per heavy atom. The normalized spacial score (nSPS) is 13.9. The molecular weight excluding hydrogens is 244 g/mol. The molecule has 0 fully saturated rings. The molecule has 0 aliphatic carbocycles. The highest BCUT2D eigenvalue weighted by molar-refractivity contribution is 7.89. The molecule has 1 rings (SSSR count). The van der Waals surface area contributed by atoms with E-state index in [1.54, 1.807) is 11.3 Å². The lowest BCUT2D eigenvalue weighted by atomic mass is 10.2. The molecule has 1 unspecified atom stereocenters. The third kappa shape index (κ3) is 4.21. The summed E-state index contributed by atoms with van der Waals surface area (Å²) in [5.74, 6) is 0.103. The number of sulfonamides is 1. The van der Waals surface area contributed by atoms with Gasteiger partial charge in [-0.3, -0.25) is 0 Å². The van der Waals surface area contributed by atoms with Crippen LogP contribution >= 0.6 is 11.3 Å². The van der Waals surface area contributed by atoms with Crippen LogP contribution in [-0.2, 0) is 10.0 Å². The zero-order valence-corrected chi connectivity index (χ0v) is 11.0. The second-order valence-corrected chi connectivity index (χ2v) is 6.41. The van der Waals surface area contributed by atoms with Crippen LogP contribution in [0.2, 0.25) is 0 Å². The van der Waals surface area contributed by atoms with Crippen LogP contribution in [0.4, 0.5) is 0 Å². The number of thiophene rings is 1. The summed E-state index contributed by atoms with van der Waals surface area (Å²) in [5.41, 5.74) is 5.30. The highest BCUT2D eigenvalue weighted by atomic mass is 32.2. The summed E-state index contributed by atoms with van der Waals surface area (Å²) in [5, 5.41) is 1.95. The fourth-order valence-electron chi connectivity index (χ4n) is 1.38. The molecule has 1 aromatic rings. The average molecular weight is 262 g/mol. The molecule has 0 saturated carbocycles. The fourth-order valence-corrected chi connectivity index (χ4v) is 3.71. The van der Waals surface area contributed by atoms with Gasteiger partial charge in [-0.1, -0.05) is 13.0 Å². The molecule has 4 nitrogen and oxygen atoms in total. The van der Waals surface area contributed by atoms with Gasteiger partial charge in [0.15, 0.2) is 0 Å². The van der Waals surface area contributed by atoms with Gasteiger partial charge in [-0.15, -0.1) is 11.3 Å².